The van der Waals surface area contributed by atoms with Crippen LogP contribution in [0.5, 0.6) is 0 Å². The predicted molar refractivity (Wildman–Crippen MR) is 92.2 cm³/mol. The average Bonchev–Trinajstić information content (AvgIpc) is 3.09. The molecule has 1 amide bonds. The topological polar surface area (TPSA) is 55.6 Å². The summed E-state index contributed by atoms with van der Waals surface area (Å²) >= 11 is 1.65. The molecule has 3 rings (SSSR count). The van der Waals surface area contributed by atoms with Crippen LogP contribution in [0.3, 0.4) is 0 Å². The van der Waals surface area contributed by atoms with Gasteiger partial charge < -0.3 is 15.4 Å². The number of amides is 1. The quantitative estimate of drug-likeness (QED) is 0.937. The minimum Gasteiger partial charge on any atom is -0.367 e. The summed E-state index contributed by atoms with van der Waals surface area (Å²) in [6.45, 7) is 3.23. The molecular formula is C18H22N2O2S. The van der Waals surface area contributed by atoms with Crippen molar-refractivity contribution in [1.82, 2.24) is 4.90 Å². The van der Waals surface area contributed by atoms with Gasteiger partial charge in [0.2, 0.25) is 5.91 Å². The van der Waals surface area contributed by atoms with Crippen LogP contribution in [0.15, 0.2) is 47.2 Å². The van der Waals surface area contributed by atoms with Crippen LogP contribution in [-0.4, -0.2) is 30.0 Å². The molecule has 1 saturated heterocycles. The number of ether oxygens (including phenoxy) is 1. The smallest absolute Gasteiger partial charge is 0.224 e. The van der Waals surface area contributed by atoms with Gasteiger partial charge in [-0.05, 0) is 34.9 Å². The average molecular weight is 330 g/mol. The first-order chi connectivity index (χ1) is 11.1. The highest BCUT2D eigenvalue weighted by molar-refractivity contribution is 7.07. The van der Waals surface area contributed by atoms with Gasteiger partial charge in [-0.2, -0.15) is 11.3 Å². The highest BCUT2D eigenvalue weighted by Gasteiger charge is 2.30. The van der Waals surface area contributed by atoms with Crippen molar-refractivity contribution >= 4 is 17.2 Å². The van der Waals surface area contributed by atoms with E-state index in [1.807, 2.05) is 47.5 Å². The lowest BCUT2D eigenvalue weighted by atomic mass is 10.0. The molecule has 0 spiro atoms. The maximum absolute atomic E-state index is 12.6. The van der Waals surface area contributed by atoms with E-state index in [2.05, 4.69) is 11.4 Å². The second kappa shape index (κ2) is 7.25. The van der Waals surface area contributed by atoms with Crippen molar-refractivity contribution in [2.24, 2.45) is 5.73 Å². The zero-order valence-electron chi connectivity index (χ0n) is 13.2. The summed E-state index contributed by atoms with van der Waals surface area (Å²) in [4.78, 5) is 14.5. The monoisotopic (exact) mass is 330 g/mol. The van der Waals surface area contributed by atoms with Crippen LogP contribution in [0.4, 0.5) is 0 Å². The Kier molecular flexibility index (Phi) is 5.10. The standard InChI is InChI=1S/C18H22N2O2S/c1-13-10-20(11-17(22-13)15-7-8-23-12-15)18(21)9-16(19)14-5-3-2-4-6-14/h2-8,12-13,16-17H,9-11,19H2,1H3. The van der Waals surface area contributed by atoms with Crippen molar-refractivity contribution in [3.8, 4) is 0 Å². The molecule has 0 bridgehead atoms. The van der Waals surface area contributed by atoms with Gasteiger partial charge in [0.05, 0.1) is 12.6 Å². The van der Waals surface area contributed by atoms with Crippen molar-refractivity contribution in [2.75, 3.05) is 13.1 Å². The van der Waals surface area contributed by atoms with E-state index < -0.39 is 0 Å². The van der Waals surface area contributed by atoms with Gasteiger partial charge in [-0.1, -0.05) is 30.3 Å². The van der Waals surface area contributed by atoms with Crippen LogP contribution in [0.2, 0.25) is 0 Å². The highest BCUT2D eigenvalue weighted by atomic mass is 32.1. The summed E-state index contributed by atoms with van der Waals surface area (Å²) in [5, 5.41) is 4.12. The lowest BCUT2D eigenvalue weighted by Crippen LogP contribution is -2.46. The number of rotatable bonds is 4. The third kappa shape index (κ3) is 3.99. The number of carbonyl (C=O) groups excluding carboxylic acids is 1. The van der Waals surface area contributed by atoms with E-state index in [4.69, 9.17) is 10.5 Å². The molecule has 2 N–H and O–H groups in total. The summed E-state index contributed by atoms with van der Waals surface area (Å²) in [5.41, 5.74) is 8.33. The van der Waals surface area contributed by atoms with Gasteiger partial charge in [-0.15, -0.1) is 0 Å². The van der Waals surface area contributed by atoms with Crippen molar-refractivity contribution < 1.29 is 9.53 Å². The zero-order valence-corrected chi connectivity index (χ0v) is 14.0. The summed E-state index contributed by atoms with van der Waals surface area (Å²) in [5.74, 6) is 0.0942. The number of thiophene rings is 1. The van der Waals surface area contributed by atoms with Crippen LogP contribution < -0.4 is 5.73 Å². The Bertz CT molecular complexity index is 630. The molecule has 3 atom stereocenters. The van der Waals surface area contributed by atoms with Crippen LogP contribution in [0.25, 0.3) is 0 Å². The minimum absolute atomic E-state index is 0.0329. The lowest BCUT2D eigenvalue weighted by Gasteiger charge is -2.37. The first-order valence-electron chi connectivity index (χ1n) is 7.89. The molecular weight excluding hydrogens is 308 g/mol. The van der Waals surface area contributed by atoms with Crippen LogP contribution in [0.1, 0.15) is 36.6 Å². The third-order valence-corrected chi connectivity index (χ3v) is 4.85. The number of hydrogen-bond acceptors (Lipinski definition) is 4. The normalized spacial score (nSPS) is 22.8. The first-order valence-corrected chi connectivity index (χ1v) is 8.83. The molecule has 0 saturated carbocycles. The second-order valence-electron chi connectivity index (χ2n) is 6.01. The maximum Gasteiger partial charge on any atom is 0.224 e. The molecule has 1 aromatic carbocycles. The van der Waals surface area contributed by atoms with Crippen molar-refractivity contribution in [1.29, 1.82) is 0 Å². The van der Waals surface area contributed by atoms with Crippen LogP contribution in [0, 0.1) is 0 Å². The summed E-state index contributed by atoms with van der Waals surface area (Å²) in [6, 6.07) is 11.6. The molecule has 0 radical (unpaired) electrons. The van der Waals surface area contributed by atoms with Gasteiger partial charge in [0.1, 0.15) is 6.10 Å². The van der Waals surface area contributed by atoms with Gasteiger partial charge >= 0.3 is 0 Å². The molecule has 5 heteroatoms. The Morgan fingerprint density at radius 3 is 2.83 bits per heavy atom. The van der Waals surface area contributed by atoms with E-state index >= 15 is 0 Å². The van der Waals surface area contributed by atoms with Gasteiger partial charge in [-0.25, -0.2) is 0 Å². The molecule has 1 aromatic heterocycles. The molecule has 122 valence electrons. The van der Waals surface area contributed by atoms with E-state index in [-0.39, 0.29) is 24.2 Å². The fraction of sp³-hybridized carbons (Fsp3) is 0.389. The first kappa shape index (κ1) is 16.2. The number of benzene rings is 1. The van der Waals surface area contributed by atoms with Gasteiger partial charge in [-0.3, -0.25) is 4.79 Å². The van der Waals surface area contributed by atoms with E-state index in [1.54, 1.807) is 11.3 Å². The minimum atomic E-state index is -0.263. The summed E-state index contributed by atoms with van der Waals surface area (Å²) in [7, 11) is 0. The molecule has 2 heterocycles. The number of nitrogens with zero attached hydrogens (tertiary/aromatic N) is 1. The van der Waals surface area contributed by atoms with E-state index in [0.717, 1.165) is 11.1 Å². The summed E-state index contributed by atoms with van der Waals surface area (Å²) < 4.78 is 5.98. The molecule has 23 heavy (non-hydrogen) atoms. The van der Waals surface area contributed by atoms with Crippen LogP contribution >= 0.6 is 11.3 Å². The Balaban J connectivity index is 1.64. The molecule has 0 aliphatic carbocycles. The Morgan fingerprint density at radius 1 is 1.35 bits per heavy atom. The highest BCUT2D eigenvalue weighted by Crippen LogP contribution is 2.27. The van der Waals surface area contributed by atoms with E-state index in [1.165, 1.54) is 0 Å². The maximum atomic E-state index is 12.6. The van der Waals surface area contributed by atoms with Gasteiger partial charge in [0.25, 0.3) is 0 Å². The zero-order chi connectivity index (χ0) is 16.2. The number of nitrogens with two attached hydrogens (primary N) is 1. The van der Waals surface area contributed by atoms with Gasteiger partial charge in [0.15, 0.2) is 0 Å². The fourth-order valence-corrected chi connectivity index (χ4v) is 3.63. The Labute approximate surface area is 140 Å². The lowest BCUT2D eigenvalue weighted by molar-refractivity contribution is -0.145. The van der Waals surface area contributed by atoms with E-state index in [9.17, 15) is 4.79 Å². The molecule has 3 unspecified atom stereocenters. The SMILES string of the molecule is CC1CN(C(=O)CC(N)c2ccccc2)CC(c2ccsc2)O1. The number of morpholine rings is 1. The molecule has 1 aliphatic rings. The molecule has 1 aliphatic heterocycles. The fourth-order valence-electron chi connectivity index (χ4n) is 2.93. The largest absolute Gasteiger partial charge is 0.367 e. The molecule has 4 nitrogen and oxygen atoms in total. The predicted octanol–water partition coefficient (Wildman–Crippen LogP) is 3.13. The third-order valence-electron chi connectivity index (χ3n) is 4.15. The second-order valence-corrected chi connectivity index (χ2v) is 6.79. The van der Waals surface area contributed by atoms with E-state index in [0.29, 0.717) is 19.5 Å². The molecule has 2 aromatic rings. The number of carbonyl (C=O) groups is 1. The molecule has 1 fully saturated rings. The van der Waals surface area contributed by atoms with Crippen molar-refractivity contribution in [3.63, 3.8) is 0 Å². The van der Waals surface area contributed by atoms with Gasteiger partial charge in [0, 0.05) is 19.0 Å². The summed E-state index contributed by atoms with van der Waals surface area (Å²) in [6.07, 6.45) is 0.319. The van der Waals surface area contributed by atoms with Crippen molar-refractivity contribution in [2.45, 2.75) is 31.6 Å². The Morgan fingerprint density at radius 2 is 2.13 bits per heavy atom. The van der Waals surface area contributed by atoms with Crippen molar-refractivity contribution in [3.05, 3.63) is 58.3 Å². The number of hydrogen-bond donors (Lipinski definition) is 1. The Hall–Kier alpha value is -1.69. The van der Waals surface area contributed by atoms with Crippen LogP contribution in [-0.2, 0) is 9.53 Å².